The molecule has 6 heteroatoms. The zero-order valence-corrected chi connectivity index (χ0v) is 10.3. The number of ether oxygens (including phenoxy) is 2. The first-order valence-electron chi connectivity index (χ1n) is 6.09. The normalized spacial score (nSPS) is 32.4. The van der Waals surface area contributed by atoms with Crippen molar-refractivity contribution in [2.75, 3.05) is 6.61 Å². The zero-order chi connectivity index (χ0) is 13.8. The van der Waals surface area contributed by atoms with Crippen LogP contribution in [0.25, 0.3) is 0 Å². The van der Waals surface area contributed by atoms with Gasteiger partial charge in [-0.25, -0.2) is 0 Å². The van der Waals surface area contributed by atoms with E-state index in [9.17, 15) is 15.3 Å². The fourth-order valence-electron chi connectivity index (χ4n) is 1.98. The third-order valence-electron chi connectivity index (χ3n) is 3.08. The Bertz CT molecular complexity index is 384. The predicted octanol–water partition coefficient (Wildman–Crippen LogP) is -0.997. The van der Waals surface area contributed by atoms with E-state index in [0.29, 0.717) is 0 Å². The van der Waals surface area contributed by atoms with Gasteiger partial charge in [-0.05, 0) is 5.56 Å². The number of hydrogen-bond acceptors (Lipinski definition) is 6. The summed E-state index contributed by atoms with van der Waals surface area (Å²) in [4.78, 5) is 0. The summed E-state index contributed by atoms with van der Waals surface area (Å²) in [6.07, 6.45) is -5.88. The first-order chi connectivity index (χ1) is 9.13. The third kappa shape index (κ3) is 3.30. The van der Waals surface area contributed by atoms with Crippen molar-refractivity contribution in [1.82, 2.24) is 0 Å². The number of benzene rings is 1. The zero-order valence-electron chi connectivity index (χ0n) is 10.3. The van der Waals surface area contributed by atoms with Crippen LogP contribution < -0.4 is 0 Å². The quantitative estimate of drug-likeness (QED) is 0.548. The fourth-order valence-corrected chi connectivity index (χ4v) is 1.98. The van der Waals surface area contributed by atoms with Crippen molar-refractivity contribution >= 4 is 0 Å². The van der Waals surface area contributed by atoms with E-state index in [1.165, 1.54) is 0 Å². The minimum atomic E-state index is -1.29. The van der Waals surface area contributed by atoms with Gasteiger partial charge in [0.1, 0.15) is 24.4 Å². The van der Waals surface area contributed by atoms with Gasteiger partial charge in [-0.3, -0.25) is 0 Å². The second-order valence-electron chi connectivity index (χ2n) is 4.50. The van der Waals surface area contributed by atoms with E-state index in [0.717, 1.165) is 5.56 Å². The van der Waals surface area contributed by atoms with Crippen LogP contribution in [0.4, 0.5) is 0 Å². The van der Waals surface area contributed by atoms with Gasteiger partial charge in [0.15, 0.2) is 6.29 Å². The van der Waals surface area contributed by atoms with Crippen molar-refractivity contribution in [3.8, 4) is 0 Å². The number of aliphatic hydroxyl groups is 4. The van der Waals surface area contributed by atoms with Gasteiger partial charge in [0.2, 0.25) is 0 Å². The van der Waals surface area contributed by atoms with E-state index in [1.807, 2.05) is 30.3 Å². The summed E-state index contributed by atoms with van der Waals surface area (Å²) in [6.45, 7) is -0.336. The van der Waals surface area contributed by atoms with Gasteiger partial charge < -0.3 is 29.9 Å². The maximum absolute atomic E-state index is 9.76. The van der Waals surface area contributed by atoms with Crippen molar-refractivity contribution in [2.45, 2.75) is 37.3 Å². The molecule has 1 aromatic carbocycles. The van der Waals surface area contributed by atoms with Crippen LogP contribution in [-0.4, -0.2) is 57.7 Å². The lowest BCUT2D eigenvalue weighted by Gasteiger charge is -2.18. The molecule has 0 aromatic heterocycles. The van der Waals surface area contributed by atoms with Gasteiger partial charge in [0.25, 0.3) is 0 Å². The molecule has 1 saturated heterocycles. The SMILES string of the molecule is OC[C@@H](O)[C@H]1OC(OCc2ccccc2)[C@H](O)[C@H]1O. The highest BCUT2D eigenvalue weighted by Crippen LogP contribution is 2.25. The lowest BCUT2D eigenvalue weighted by Crippen LogP contribution is -2.40. The predicted molar refractivity (Wildman–Crippen MR) is 65.0 cm³/mol. The van der Waals surface area contributed by atoms with E-state index in [4.69, 9.17) is 14.6 Å². The van der Waals surface area contributed by atoms with E-state index in [1.54, 1.807) is 0 Å². The number of aliphatic hydroxyl groups excluding tert-OH is 4. The minimum Gasteiger partial charge on any atom is -0.394 e. The molecule has 0 saturated carbocycles. The lowest BCUT2D eigenvalue weighted by atomic mass is 10.1. The molecule has 1 aliphatic rings. The molecule has 0 spiro atoms. The van der Waals surface area contributed by atoms with E-state index >= 15 is 0 Å². The monoisotopic (exact) mass is 270 g/mol. The van der Waals surface area contributed by atoms with E-state index in [-0.39, 0.29) is 6.61 Å². The highest BCUT2D eigenvalue weighted by Gasteiger charge is 2.46. The van der Waals surface area contributed by atoms with Crippen LogP contribution in [-0.2, 0) is 16.1 Å². The Morgan fingerprint density at radius 3 is 2.47 bits per heavy atom. The fraction of sp³-hybridized carbons (Fsp3) is 0.538. The number of rotatable bonds is 5. The average molecular weight is 270 g/mol. The van der Waals surface area contributed by atoms with Crippen LogP contribution in [0.3, 0.4) is 0 Å². The topological polar surface area (TPSA) is 99.4 Å². The summed E-state index contributed by atoms with van der Waals surface area (Å²) in [7, 11) is 0. The summed E-state index contributed by atoms with van der Waals surface area (Å²) in [5.74, 6) is 0. The van der Waals surface area contributed by atoms with Crippen LogP contribution in [0.1, 0.15) is 5.56 Å². The van der Waals surface area contributed by atoms with Crippen LogP contribution in [0, 0.1) is 0 Å². The smallest absolute Gasteiger partial charge is 0.187 e. The molecular weight excluding hydrogens is 252 g/mol. The summed E-state index contributed by atoms with van der Waals surface area (Å²) in [5, 5.41) is 37.7. The molecule has 5 atom stereocenters. The molecule has 1 aliphatic heterocycles. The maximum Gasteiger partial charge on any atom is 0.187 e. The van der Waals surface area contributed by atoms with Crippen molar-refractivity contribution in [3.63, 3.8) is 0 Å². The summed E-state index contributed by atoms with van der Waals surface area (Å²) in [5.41, 5.74) is 0.902. The second-order valence-corrected chi connectivity index (χ2v) is 4.50. The van der Waals surface area contributed by atoms with Crippen LogP contribution in [0.15, 0.2) is 30.3 Å². The first-order valence-corrected chi connectivity index (χ1v) is 6.09. The lowest BCUT2D eigenvalue weighted by molar-refractivity contribution is -0.186. The molecule has 1 aromatic rings. The van der Waals surface area contributed by atoms with Crippen molar-refractivity contribution < 1.29 is 29.9 Å². The highest BCUT2D eigenvalue weighted by atomic mass is 16.7. The van der Waals surface area contributed by atoms with E-state index < -0.39 is 37.3 Å². The van der Waals surface area contributed by atoms with Gasteiger partial charge in [-0.15, -0.1) is 0 Å². The molecule has 0 aliphatic carbocycles. The standard InChI is InChI=1S/C13H18O6/c14-6-9(15)12-10(16)11(17)13(19-12)18-7-8-4-2-1-3-5-8/h1-5,9-17H,6-7H2/t9-,10-,11-,12-,13?/m1/s1. The van der Waals surface area contributed by atoms with Gasteiger partial charge in [0.05, 0.1) is 13.2 Å². The summed E-state index contributed by atoms with van der Waals surface area (Å²) in [6, 6.07) is 9.31. The molecule has 1 unspecified atom stereocenters. The van der Waals surface area contributed by atoms with Crippen molar-refractivity contribution in [2.24, 2.45) is 0 Å². The van der Waals surface area contributed by atoms with Gasteiger partial charge in [0, 0.05) is 0 Å². The molecule has 106 valence electrons. The highest BCUT2D eigenvalue weighted by molar-refractivity contribution is 5.13. The molecule has 0 radical (unpaired) electrons. The Morgan fingerprint density at radius 2 is 1.84 bits per heavy atom. The molecular formula is C13H18O6. The van der Waals surface area contributed by atoms with Crippen molar-refractivity contribution in [1.29, 1.82) is 0 Å². The summed E-state index contributed by atoms with van der Waals surface area (Å²) < 4.78 is 10.6. The Kier molecular flexibility index (Phi) is 4.87. The van der Waals surface area contributed by atoms with Gasteiger partial charge in [-0.1, -0.05) is 30.3 Å². The summed E-state index contributed by atoms with van der Waals surface area (Å²) >= 11 is 0. The Hall–Kier alpha value is -1.02. The van der Waals surface area contributed by atoms with Crippen LogP contribution in [0.2, 0.25) is 0 Å². The van der Waals surface area contributed by atoms with Crippen molar-refractivity contribution in [3.05, 3.63) is 35.9 Å². The molecule has 0 amide bonds. The van der Waals surface area contributed by atoms with Crippen LogP contribution in [0.5, 0.6) is 0 Å². The second kappa shape index (κ2) is 6.42. The molecule has 6 nitrogen and oxygen atoms in total. The number of hydrogen-bond donors (Lipinski definition) is 4. The van der Waals surface area contributed by atoms with Crippen LogP contribution >= 0.6 is 0 Å². The third-order valence-corrected chi connectivity index (χ3v) is 3.08. The molecule has 1 fully saturated rings. The first kappa shape index (κ1) is 14.4. The van der Waals surface area contributed by atoms with Gasteiger partial charge in [-0.2, -0.15) is 0 Å². The van der Waals surface area contributed by atoms with Gasteiger partial charge >= 0.3 is 0 Å². The largest absolute Gasteiger partial charge is 0.394 e. The molecule has 4 N–H and O–H groups in total. The Balaban J connectivity index is 1.91. The Morgan fingerprint density at radius 1 is 1.16 bits per heavy atom. The van der Waals surface area contributed by atoms with E-state index in [2.05, 4.69) is 0 Å². The maximum atomic E-state index is 9.76. The Labute approximate surface area is 110 Å². The molecule has 0 bridgehead atoms. The average Bonchev–Trinajstić information content (AvgIpc) is 2.73. The minimum absolute atomic E-state index is 0.219. The molecule has 1 heterocycles. The molecule has 2 rings (SSSR count). The molecule has 19 heavy (non-hydrogen) atoms.